The molecule has 0 fully saturated rings. The average molecular weight is 442 g/mol. The Morgan fingerprint density at radius 1 is 0.667 bits per heavy atom. The van der Waals surface area contributed by atoms with Crippen LogP contribution in [0.5, 0.6) is 0 Å². The Morgan fingerprint density at radius 2 is 1.06 bits per heavy atom. The molecule has 33 heavy (non-hydrogen) atoms. The van der Waals surface area contributed by atoms with Crippen LogP contribution >= 0.6 is 0 Å². The van der Waals surface area contributed by atoms with E-state index in [2.05, 4.69) is 40.4 Å². The van der Waals surface area contributed by atoms with Crippen molar-refractivity contribution in [2.45, 2.75) is 53.6 Å². The maximum absolute atomic E-state index is 13.0. The van der Waals surface area contributed by atoms with Gasteiger partial charge in [0.25, 0.3) is 11.8 Å². The molecule has 3 heterocycles. The molecule has 5 heteroatoms. The van der Waals surface area contributed by atoms with Crippen molar-refractivity contribution in [2.75, 3.05) is 0 Å². The van der Waals surface area contributed by atoms with E-state index in [0.29, 0.717) is 11.1 Å². The lowest BCUT2D eigenvalue weighted by Crippen LogP contribution is -2.22. The van der Waals surface area contributed by atoms with E-state index >= 15 is 0 Å². The van der Waals surface area contributed by atoms with E-state index in [-0.39, 0.29) is 11.8 Å². The highest BCUT2D eigenvalue weighted by atomic mass is 16.2. The van der Waals surface area contributed by atoms with Gasteiger partial charge in [-0.1, -0.05) is 64.1 Å². The first kappa shape index (κ1) is 22.6. The monoisotopic (exact) mass is 441 g/mol. The van der Waals surface area contributed by atoms with Crippen LogP contribution in [0, 0.1) is 0 Å². The van der Waals surface area contributed by atoms with Crippen molar-refractivity contribution in [3.8, 4) is 0 Å². The molecule has 2 aromatic carbocycles. The molecule has 2 aromatic heterocycles. The van der Waals surface area contributed by atoms with Crippen LogP contribution in [0.1, 0.15) is 51.7 Å². The number of aryl methyl sites for hydroxylation is 2. The molecule has 1 N–H and O–H groups in total. The molecule has 0 bridgehead atoms. The Hall–Kier alpha value is -3.60. The van der Waals surface area contributed by atoms with E-state index in [1.54, 1.807) is 0 Å². The van der Waals surface area contributed by atoms with E-state index in [0.717, 1.165) is 58.9 Å². The minimum Gasteiger partial charge on any atom is -0.347 e. The predicted molar refractivity (Wildman–Crippen MR) is 136 cm³/mol. The van der Waals surface area contributed by atoms with Gasteiger partial charge in [-0.25, -0.2) is 0 Å². The lowest BCUT2D eigenvalue weighted by molar-refractivity contribution is -0.122. The number of imide groups is 1. The van der Waals surface area contributed by atoms with Crippen molar-refractivity contribution in [1.29, 1.82) is 0 Å². The van der Waals surface area contributed by atoms with Gasteiger partial charge < -0.3 is 9.13 Å². The van der Waals surface area contributed by atoms with Crippen LogP contribution in [0.25, 0.3) is 33.0 Å². The maximum atomic E-state index is 13.0. The van der Waals surface area contributed by atoms with Crippen LogP contribution in [0.2, 0.25) is 0 Å². The molecular formula is C28H31N3O2. The highest BCUT2D eigenvalue weighted by Crippen LogP contribution is 2.39. The zero-order chi connectivity index (χ0) is 23.5. The molecule has 0 saturated carbocycles. The summed E-state index contributed by atoms with van der Waals surface area (Å²) in [6, 6.07) is 16.1. The van der Waals surface area contributed by atoms with Crippen molar-refractivity contribution >= 4 is 44.8 Å². The lowest BCUT2D eigenvalue weighted by atomic mass is 9.95. The third-order valence-corrected chi connectivity index (χ3v) is 5.98. The second-order valence-electron chi connectivity index (χ2n) is 8.04. The molecule has 5 nitrogen and oxygen atoms in total. The minimum absolute atomic E-state index is 0.327. The molecule has 0 atom stereocenters. The lowest BCUT2D eigenvalue weighted by Gasteiger charge is -2.03. The second-order valence-corrected chi connectivity index (χ2v) is 8.04. The van der Waals surface area contributed by atoms with Gasteiger partial charge in [-0.15, -0.1) is 0 Å². The number of fused-ring (bicyclic) bond motifs is 2. The largest absolute Gasteiger partial charge is 0.347 e. The zero-order valence-electron chi connectivity index (χ0n) is 19.8. The first-order chi connectivity index (χ1) is 16.1. The van der Waals surface area contributed by atoms with E-state index in [1.807, 2.05) is 62.6 Å². The van der Waals surface area contributed by atoms with Crippen molar-refractivity contribution in [3.05, 3.63) is 72.1 Å². The molecule has 170 valence electrons. The fraction of sp³-hybridized carbons (Fsp3) is 0.286. The average Bonchev–Trinajstić information content (AvgIpc) is 3.47. The highest BCUT2D eigenvalue weighted by molar-refractivity contribution is 6.50. The van der Waals surface area contributed by atoms with Gasteiger partial charge in [-0.2, -0.15) is 0 Å². The smallest absolute Gasteiger partial charge is 0.259 e. The standard InChI is InChI=1S/C26H25N3O2.C2H6/c1-3-13-28-15-19(17-9-5-7-11-21(17)28)23-24(26(31)27-25(23)30)20-16-29(14-4-2)22-12-8-6-10-18(20)22;1-2/h5-12,15-16H,3-4,13-14H2,1-2H3,(H,27,30,31);1-2H3. The Bertz CT molecular complexity index is 1270. The molecule has 0 spiro atoms. The summed E-state index contributed by atoms with van der Waals surface area (Å²) in [4.78, 5) is 26.1. The van der Waals surface area contributed by atoms with Gasteiger partial charge in [0, 0.05) is 58.4 Å². The van der Waals surface area contributed by atoms with Crippen LogP contribution in [-0.4, -0.2) is 20.9 Å². The predicted octanol–water partition coefficient (Wildman–Crippen LogP) is 6.01. The molecule has 0 unspecified atom stereocenters. The van der Waals surface area contributed by atoms with Crippen LogP contribution in [0.4, 0.5) is 0 Å². The molecule has 0 aliphatic carbocycles. The van der Waals surface area contributed by atoms with Crippen LogP contribution < -0.4 is 5.32 Å². The summed E-state index contributed by atoms with van der Waals surface area (Å²) >= 11 is 0. The van der Waals surface area contributed by atoms with Gasteiger partial charge in [0.1, 0.15) is 0 Å². The van der Waals surface area contributed by atoms with Crippen molar-refractivity contribution < 1.29 is 9.59 Å². The van der Waals surface area contributed by atoms with E-state index in [4.69, 9.17) is 0 Å². The summed E-state index contributed by atoms with van der Waals surface area (Å²) in [5, 5.41) is 4.54. The number of carbonyl (C=O) groups is 2. The van der Waals surface area contributed by atoms with E-state index in [9.17, 15) is 9.59 Å². The van der Waals surface area contributed by atoms with Crippen LogP contribution in [0.15, 0.2) is 60.9 Å². The third kappa shape index (κ3) is 3.78. The molecule has 0 saturated heterocycles. The Labute approximate surface area is 194 Å². The highest BCUT2D eigenvalue weighted by Gasteiger charge is 2.35. The SMILES string of the molecule is CC.CCCn1cc(C2=C(c3cn(CCC)c4ccccc34)C(=O)NC2=O)c2ccccc21. The summed E-state index contributed by atoms with van der Waals surface area (Å²) in [5.41, 5.74) is 4.72. The number of nitrogens with zero attached hydrogens (tertiary/aromatic N) is 2. The Kier molecular flexibility index (Phi) is 6.50. The first-order valence-corrected chi connectivity index (χ1v) is 11.9. The van der Waals surface area contributed by atoms with Gasteiger partial charge in [0.15, 0.2) is 0 Å². The van der Waals surface area contributed by atoms with Gasteiger partial charge in [-0.05, 0) is 25.0 Å². The number of hydrogen-bond donors (Lipinski definition) is 1. The fourth-order valence-electron chi connectivity index (χ4n) is 4.71. The van der Waals surface area contributed by atoms with E-state index < -0.39 is 0 Å². The number of benzene rings is 2. The summed E-state index contributed by atoms with van der Waals surface area (Å²) in [6.07, 6.45) is 6.01. The molecule has 1 aliphatic rings. The topological polar surface area (TPSA) is 56.0 Å². The quantitative estimate of drug-likeness (QED) is 0.373. The van der Waals surface area contributed by atoms with Crippen LogP contribution in [0.3, 0.4) is 0 Å². The number of carbonyl (C=O) groups excluding carboxylic acids is 2. The molecule has 5 rings (SSSR count). The van der Waals surface area contributed by atoms with Crippen molar-refractivity contribution in [2.24, 2.45) is 0 Å². The number of aromatic nitrogens is 2. The van der Waals surface area contributed by atoms with E-state index in [1.165, 1.54) is 0 Å². The molecule has 0 radical (unpaired) electrons. The molecule has 2 amide bonds. The zero-order valence-corrected chi connectivity index (χ0v) is 19.8. The van der Waals surface area contributed by atoms with Crippen molar-refractivity contribution in [3.63, 3.8) is 0 Å². The normalized spacial score (nSPS) is 13.6. The number of amides is 2. The minimum atomic E-state index is -0.327. The van der Waals surface area contributed by atoms with Gasteiger partial charge in [0.05, 0.1) is 11.1 Å². The maximum Gasteiger partial charge on any atom is 0.259 e. The summed E-state index contributed by atoms with van der Waals surface area (Å²) in [5.74, 6) is -0.654. The van der Waals surface area contributed by atoms with Gasteiger partial charge in [0.2, 0.25) is 0 Å². The van der Waals surface area contributed by atoms with Crippen LogP contribution in [-0.2, 0) is 22.7 Å². The summed E-state index contributed by atoms with van der Waals surface area (Å²) < 4.78 is 4.34. The number of rotatable bonds is 6. The second kappa shape index (κ2) is 9.49. The molecule has 4 aromatic rings. The Morgan fingerprint density at radius 3 is 1.45 bits per heavy atom. The summed E-state index contributed by atoms with van der Waals surface area (Å²) in [7, 11) is 0. The molecular weight excluding hydrogens is 410 g/mol. The fourth-order valence-corrected chi connectivity index (χ4v) is 4.71. The van der Waals surface area contributed by atoms with Crippen molar-refractivity contribution in [1.82, 2.24) is 14.5 Å². The number of nitrogens with one attached hydrogen (secondary N) is 1. The van der Waals surface area contributed by atoms with Gasteiger partial charge in [-0.3, -0.25) is 14.9 Å². The number of hydrogen-bond acceptors (Lipinski definition) is 2. The first-order valence-electron chi connectivity index (χ1n) is 11.9. The summed E-state index contributed by atoms with van der Waals surface area (Å²) in [6.45, 7) is 9.98. The third-order valence-electron chi connectivity index (χ3n) is 5.98. The molecule has 1 aliphatic heterocycles. The Balaban J connectivity index is 0.00000126. The number of para-hydroxylation sites is 2. The van der Waals surface area contributed by atoms with Gasteiger partial charge >= 0.3 is 0 Å².